The third-order valence-corrected chi connectivity index (χ3v) is 2.52. The highest BCUT2D eigenvalue weighted by Crippen LogP contribution is 2.13. The Balaban J connectivity index is 2.38. The van der Waals surface area contributed by atoms with Crippen molar-refractivity contribution in [3.8, 4) is 0 Å². The Morgan fingerprint density at radius 3 is 2.62 bits per heavy atom. The molecule has 3 heteroatoms. The van der Waals surface area contributed by atoms with Gasteiger partial charge in [-0.1, -0.05) is 12.5 Å². The number of piperidine rings is 1. The number of esters is 1. The van der Waals surface area contributed by atoms with Crippen LogP contribution in [0.2, 0.25) is 0 Å². The highest BCUT2D eigenvalue weighted by atomic mass is 16.6. The van der Waals surface area contributed by atoms with E-state index in [9.17, 15) is 4.79 Å². The van der Waals surface area contributed by atoms with Gasteiger partial charge in [-0.2, -0.15) is 0 Å². The summed E-state index contributed by atoms with van der Waals surface area (Å²) in [5.74, 6) is -0.257. The first kappa shape index (κ1) is 13.2. The van der Waals surface area contributed by atoms with Gasteiger partial charge in [0.2, 0.25) is 0 Å². The zero-order valence-electron chi connectivity index (χ0n) is 10.7. The zero-order chi connectivity index (χ0) is 12.2. The lowest BCUT2D eigenvalue weighted by Gasteiger charge is -2.26. The Morgan fingerprint density at radius 1 is 1.38 bits per heavy atom. The summed E-state index contributed by atoms with van der Waals surface area (Å²) in [6, 6.07) is 0.860. The molecule has 1 N–H and O–H groups in total. The molecule has 1 fully saturated rings. The molecule has 92 valence electrons. The summed E-state index contributed by atoms with van der Waals surface area (Å²) in [7, 11) is 0. The van der Waals surface area contributed by atoms with Gasteiger partial charge < -0.3 is 10.1 Å². The number of hydrogen-bond donors (Lipinski definition) is 1. The number of carbonyl (C=O) groups is 1. The molecule has 0 saturated carbocycles. The van der Waals surface area contributed by atoms with Crippen LogP contribution in [0.15, 0.2) is 12.2 Å². The zero-order valence-corrected chi connectivity index (χ0v) is 10.7. The molecule has 1 aliphatic rings. The van der Waals surface area contributed by atoms with Crippen molar-refractivity contribution in [3.63, 3.8) is 0 Å². The van der Waals surface area contributed by atoms with Crippen LogP contribution in [0, 0.1) is 0 Å². The predicted octanol–water partition coefficient (Wildman–Crippen LogP) is 2.41. The molecule has 0 aromatic heterocycles. The van der Waals surface area contributed by atoms with E-state index in [1.165, 1.54) is 12.8 Å². The average Bonchev–Trinajstić information content (AvgIpc) is 2.12. The molecule has 0 spiro atoms. The molecule has 1 heterocycles. The van der Waals surface area contributed by atoms with Crippen LogP contribution in [-0.4, -0.2) is 23.7 Å². The maximum atomic E-state index is 11.4. The molecule has 0 radical (unpaired) electrons. The van der Waals surface area contributed by atoms with Crippen LogP contribution in [0.1, 0.15) is 47.0 Å². The molecular formula is C13H23NO2. The van der Waals surface area contributed by atoms with Crippen LogP contribution in [0.5, 0.6) is 0 Å². The largest absolute Gasteiger partial charge is 0.457 e. The first-order valence-electron chi connectivity index (χ1n) is 6.04. The second-order valence-corrected chi connectivity index (χ2v) is 5.50. The Labute approximate surface area is 98.2 Å². The fourth-order valence-corrected chi connectivity index (χ4v) is 1.86. The van der Waals surface area contributed by atoms with E-state index in [-0.39, 0.29) is 5.97 Å². The second kappa shape index (κ2) is 5.48. The standard InChI is InChI=1S/C13H23NO2/c1-10-6-5-7-11(14-10)8-9-12(15)16-13(2,3)4/h8-11,14H,5-7H2,1-4H3/b9-8+. The number of carbonyl (C=O) groups excluding carboxylic acids is 1. The molecule has 2 unspecified atom stereocenters. The van der Waals surface area contributed by atoms with Crippen molar-refractivity contribution in [2.24, 2.45) is 0 Å². The molecule has 2 atom stereocenters. The van der Waals surface area contributed by atoms with E-state index in [0.717, 1.165) is 6.42 Å². The minimum atomic E-state index is -0.408. The van der Waals surface area contributed by atoms with Crippen LogP contribution in [0.4, 0.5) is 0 Å². The van der Waals surface area contributed by atoms with Gasteiger partial charge in [0.15, 0.2) is 0 Å². The van der Waals surface area contributed by atoms with E-state index < -0.39 is 5.60 Å². The molecule has 0 bridgehead atoms. The van der Waals surface area contributed by atoms with Crippen LogP contribution >= 0.6 is 0 Å². The van der Waals surface area contributed by atoms with Crippen LogP contribution < -0.4 is 5.32 Å². The number of rotatable bonds is 2. The summed E-state index contributed by atoms with van der Waals surface area (Å²) >= 11 is 0. The monoisotopic (exact) mass is 225 g/mol. The van der Waals surface area contributed by atoms with Gasteiger partial charge in [0.05, 0.1) is 0 Å². The third-order valence-electron chi connectivity index (χ3n) is 2.52. The molecule has 1 rings (SSSR count). The fraction of sp³-hybridized carbons (Fsp3) is 0.769. The lowest BCUT2D eigenvalue weighted by Crippen LogP contribution is -2.39. The van der Waals surface area contributed by atoms with Gasteiger partial charge in [-0.15, -0.1) is 0 Å². The van der Waals surface area contributed by atoms with Gasteiger partial charge in [-0.25, -0.2) is 4.79 Å². The first-order chi connectivity index (χ1) is 7.37. The Bertz CT molecular complexity index is 266. The van der Waals surface area contributed by atoms with Crippen LogP contribution in [0.25, 0.3) is 0 Å². The van der Waals surface area contributed by atoms with Crippen LogP contribution in [-0.2, 0) is 9.53 Å². The number of nitrogens with one attached hydrogen (secondary N) is 1. The quantitative estimate of drug-likeness (QED) is 0.579. The topological polar surface area (TPSA) is 38.3 Å². The Morgan fingerprint density at radius 2 is 2.06 bits per heavy atom. The fourth-order valence-electron chi connectivity index (χ4n) is 1.86. The van der Waals surface area contributed by atoms with Crippen molar-refractivity contribution in [2.45, 2.75) is 64.6 Å². The molecular weight excluding hydrogens is 202 g/mol. The second-order valence-electron chi connectivity index (χ2n) is 5.50. The van der Waals surface area contributed by atoms with E-state index in [1.807, 2.05) is 26.8 Å². The minimum absolute atomic E-state index is 0.257. The average molecular weight is 225 g/mol. The van der Waals surface area contributed by atoms with Crippen molar-refractivity contribution in [2.75, 3.05) is 0 Å². The summed E-state index contributed by atoms with van der Waals surface area (Å²) in [4.78, 5) is 11.4. The lowest BCUT2D eigenvalue weighted by atomic mass is 9.99. The number of ether oxygens (including phenoxy) is 1. The summed E-state index contributed by atoms with van der Waals surface area (Å²) in [6.07, 6.45) is 7.00. The normalized spacial score (nSPS) is 27.0. The summed E-state index contributed by atoms with van der Waals surface area (Å²) < 4.78 is 5.20. The predicted molar refractivity (Wildman–Crippen MR) is 65.2 cm³/mol. The molecule has 0 aromatic carbocycles. The molecule has 1 saturated heterocycles. The molecule has 1 aliphatic heterocycles. The van der Waals surface area contributed by atoms with Gasteiger partial charge in [-0.05, 0) is 40.5 Å². The van der Waals surface area contributed by atoms with Gasteiger partial charge in [0.1, 0.15) is 5.60 Å². The summed E-state index contributed by atoms with van der Waals surface area (Å²) in [5, 5.41) is 3.44. The maximum absolute atomic E-state index is 11.4. The number of hydrogen-bond acceptors (Lipinski definition) is 3. The van der Waals surface area contributed by atoms with E-state index in [1.54, 1.807) is 6.08 Å². The van der Waals surface area contributed by atoms with Gasteiger partial charge in [0, 0.05) is 18.2 Å². The van der Waals surface area contributed by atoms with E-state index in [0.29, 0.717) is 12.1 Å². The smallest absolute Gasteiger partial charge is 0.330 e. The van der Waals surface area contributed by atoms with Crippen molar-refractivity contribution >= 4 is 5.97 Å². The maximum Gasteiger partial charge on any atom is 0.330 e. The van der Waals surface area contributed by atoms with Gasteiger partial charge in [0.25, 0.3) is 0 Å². The van der Waals surface area contributed by atoms with Crippen molar-refractivity contribution in [1.29, 1.82) is 0 Å². The molecule has 3 nitrogen and oxygen atoms in total. The first-order valence-corrected chi connectivity index (χ1v) is 6.04. The lowest BCUT2D eigenvalue weighted by molar-refractivity contribution is -0.148. The SMILES string of the molecule is CC1CCCC(/C=C/C(=O)OC(C)(C)C)N1. The Hall–Kier alpha value is -0.830. The van der Waals surface area contributed by atoms with E-state index in [2.05, 4.69) is 12.2 Å². The third kappa shape index (κ3) is 5.31. The molecule has 0 amide bonds. The van der Waals surface area contributed by atoms with E-state index in [4.69, 9.17) is 4.74 Å². The van der Waals surface area contributed by atoms with Crippen molar-refractivity contribution in [1.82, 2.24) is 5.32 Å². The van der Waals surface area contributed by atoms with E-state index >= 15 is 0 Å². The van der Waals surface area contributed by atoms with Crippen LogP contribution in [0.3, 0.4) is 0 Å². The Kier molecular flexibility index (Phi) is 4.54. The van der Waals surface area contributed by atoms with Gasteiger partial charge >= 0.3 is 5.97 Å². The van der Waals surface area contributed by atoms with Gasteiger partial charge in [-0.3, -0.25) is 0 Å². The molecule has 0 aliphatic carbocycles. The summed E-state index contributed by atoms with van der Waals surface area (Å²) in [5.41, 5.74) is -0.408. The summed E-state index contributed by atoms with van der Waals surface area (Å²) in [6.45, 7) is 7.80. The minimum Gasteiger partial charge on any atom is -0.457 e. The highest BCUT2D eigenvalue weighted by Gasteiger charge is 2.17. The molecule has 16 heavy (non-hydrogen) atoms. The molecule has 0 aromatic rings. The van der Waals surface area contributed by atoms with Crippen molar-refractivity contribution < 1.29 is 9.53 Å². The van der Waals surface area contributed by atoms with Crippen molar-refractivity contribution in [3.05, 3.63) is 12.2 Å². The highest BCUT2D eigenvalue weighted by molar-refractivity contribution is 5.82.